The average Bonchev–Trinajstić information content (AvgIpc) is 4.19. The minimum atomic E-state index is 0.573. The third-order valence-electron chi connectivity index (χ3n) is 14.2. The second kappa shape index (κ2) is 15.0. The highest BCUT2D eigenvalue weighted by Crippen LogP contribution is 2.48. The summed E-state index contributed by atoms with van der Waals surface area (Å²) in [5.41, 5.74) is 16.6. The fraction of sp³-hybridized carbons (Fsp3) is 0. The number of furan rings is 1. The number of hydrogen-bond donors (Lipinski definition) is 1. The molecule has 7 heteroatoms. The number of H-pyrrole nitrogens is 1. The van der Waals surface area contributed by atoms with E-state index in [1.165, 1.54) is 43.4 Å². The van der Waals surface area contributed by atoms with Crippen LogP contribution in [0.3, 0.4) is 0 Å². The molecule has 0 spiro atoms. The van der Waals surface area contributed by atoms with Gasteiger partial charge in [0.05, 0.1) is 27.8 Å². The Kier molecular flexibility index (Phi) is 8.23. The van der Waals surface area contributed by atoms with E-state index in [1.54, 1.807) is 6.33 Å². The fourth-order valence-corrected chi connectivity index (χ4v) is 11.2. The van der Waals surface area contributed by atoms with Crippen LogP contribution in [0.15, 0.2) is 229 Å². The van der Waals surface area contributed by atoms with E-state index < -0.39 is 0 Å². The van der Waals surface area contributed by atoms with Crippen molar-refractivity contribution in [3.05, 3.63) is 225 Å². The minimum Gasteiger partial charge on any atom is -0.456 e. The molecule has 0 saturated heterocycles. The van der Waals surface area contributed by atoms with Crippen molar-refractivity contribution in [3.8, 4) is 56.4 Å². The molecule has 0 fully saturated rings. The van der Waals surface area contributed by atoms with Crippen LogP contribution >= 0.6 is 0 Å². The Bertz CT molecular complexity index is 4520. The molecule has 10 aromatic carbocycles. The molecule has 0 atom stereocenters. The van der Waals surface area contributed by atoms with Crippen LogP contribution in [-0.4, -0.2) is 29.1 Å². The fourth-order valence-electron chi connectivity index (χ4n) is 11.2. The monoisotopic (exact) mass is 894 g/mol. The highest BCUT2D eigenvalue weighted by molar-refractivity contribution is 6.31. The molecule has 0 aliphatic carbocycles. The second-order valence-corrected chi connectivity index (χ2v) is 18.0. The Morgan fingerprint density at radius 3 is 1.71 bits per heavy atom. The summed E-state index contributed by atoms with van der Waals surface area (Å²) in [6, 6.07) is 77.8. The van der Waals surface area contributed by atoms with Gasteiger partial charge in [0.1, 0.15) is 17.5 Å². The number of para-hydroxylation sites is 4. The number of aromatic nitrogens is 6. The molecular formula is C63H38N6O. The molecule has 7 nitrogen and oxygen atoms in total. The van der Waals surface area contributed by atoms with Gasteiger partial charge in [0, 0.05) is 82.1 Å². The van der Waals surface area contributed by atoms with Crippen molar-refractivity contribution in [1.29, 1.82) is 0 Å². The highest BCUT2D eigenvalue weighted by atomic mass is 16.3. The lowest BCUT2D eigenvalue weighted by Gasteiger charge is -2.21. The molecule has 326 valence electrons. The van der Waals surface area contributed by atoms with E-state index in [9.17, 15) is 0 Å². The van der Waals surface area contributed by atoms with Crippen molar-refractivity contribution >= 4 is 87.4 Å². The van der Waals surface area contributed by atoms with E-state index >= 15 is 0 Å². The second-order valence-electron chi connectivity index (χ2n) is 18.0. The van der Waals surface area contributed by atoms with E-state index in [-0.39, 0.29) is 0 Å². The number of nitrogens with zero attached hydrogens (tertiary/aromatic N) is 5. The van der Waals surface area contributed by atoms with Crippen LogP contribution in [0.25, 0.3) is 144 Å². The Balaban J connectivity index is 1.03. The van der Waals surface area contributed by atoms with E-state index in [2.05, 4.69) is 208 Å². The highest BCUT2D eigenvalue weighted by Gasteiger charge is 2.26. The minimum absolute atomic E-state index is 0.573. The zero-order chi connectivity index (χ0) is 45.9. The smallest absolute Gasteiger partial charge is 0.163 e. The Morgan fingerprint density at radius 1 is 0.371 bits per heavy atom. The molecule has 0 saturated carbocycles. The lowest BCUT2D eigenvalue weighted by Crippen LogP contribution is -2.03. The van der Waals surface area contributed by atoms with Crippen molar-refractivity contribution in [1.82, 2.24) is 29.1 Å². The molecule has 5 aromatic heterocycles. The summed E-state index contributed by atoms with van der Waals surface area (Å²) in [6.07, 6.45) is 1.62. The molecule has 0 amide bonds. The van der Waals surface area contributed by atoms with Crippen LogP contribution in [0.2, 0.25) is 0 Å². The maximum absolute atomic E-state index is 6.29. The van der Waals surface area contributed by atoms with Crippen molar-refractivity contribution in [3.63, 3.8) is 0 Å². The molecule has 0 unspecified atom stereocenters. The number of hydrogen-bond acceptors (Lipinski definition) is 4. The van der Waals surface area contributed by atoms with Gasteiger partial charge in [0.2, 0.25) is 0 Å². The van der Waals surface area contributed by atoms with Gasteiger partial charge in [-0.3, -0.25) is 0 Å². The largest absolute Gasteiger partial charge is 0.456 e. The summed E-state index contributed by atoms with van der Waals surface area (Å²) in [5.74, 6) is 1.15. The first-order valence-corrected chi connectivity index (χ1v) is 23.6. The molecule has 0 aliphatic rings. The summed E-state index contributed by atoms with van der Waals surface area (Å²) in [5, 5.41) is 9.34. The number of aromatic amines is 1. The zero-order valence-corrected chi connectivity index (χ0v) is 37.5. The summed E-state index contributed by atoms with van der Waals surface area (Å²) in [6.45, 7) is 0. The third-order valence-corrected chi connectivity index (χ3v) is 14.2. The molecule has 70 heavy (non-hydrogen) atoms. The predicted molar refractivity (Wildman–Crippen MR) is 287 cm³/mol. The van der Waals surface area contributed by atoms with Gasteiger partial charge in [-0.1, -0.05) is 152 Å². The predicted octanol–water partition coefficient (Wildman–Crippen LogP) is 16.3. The van der Waals surface area contributed by atoms with Crippen molar-refractivity contribution in [2.75, 3.05) is 0 Å². The van der Waals surface area contributed by atoms with E-state index in [4.69, 9.17) is 19.4 Å². The van der Waals surface area contributed by atoms with Crippen molar-refractivity contribution < 1.29 is 4.42 Å². The number of rotatable bonds is 6. The SMILES string of the molecule is c1ccc(-c2cc(-c3ncnc(-c4ccc5c(c4)oc4ccccc45)n3)cc(-c3ccccc3)c2-n2c3ccccc3c3c2ccc2c4ccc5[nH]c6ccccc6c5c4n(-c4ccccc4)c23)cc1. The lowest BCUT2D eigenvalue weighted by atomic mass is 9.92. The molecular weight excluding hydrogens is 857 g/mol. The quantitative estimate of drug-likeness (QED) is 0.180. The maximum Gasteiger partial charge on any atom is 0.163 e. The Morgan fingerprint density at radius 2 is 0.957 bits per heavy atom. The summed E-state index contributed by atoms with van der Waals surface area (Å²) in [7, 11) is 0. The number of nitrogens with one attached hydrogen (secondary N) is 1. The van der Waals surface area contributed by atoms with Gasteiger partial charge in [-0.05, 0) is 77.9 Å². The molecule has 5 heterocycles. The van der Waals surface area contributed by atoms with Gasteiger partial charge in [-0.15, -0.1) is 0 Å². The standard InChI is InChI=1S/C63H38N6O/c1-4-16-38(17-5-1)49-34-41(63-65-37-64-62(67-63)40-28-29-44-43-22-12-15-27-55(43)70-56(44)36-40)35-50(39-18-6-2-7-19-39)59(49)69-53-26-14-11-24-48(53)58-54(69)33-31-46-45-30-32-52-57(47-23-10-13-25-51(47)66-52)60(45)68(61(46)58)42-20-8-3-9-21-42/h1-37,66H. The third kappa shape index (κ3) is 5.66. The van der Waals surface area contributed by atoms with Crippen LogP contribution in [0.1, 0.15) is 0 Å². The molecule has 0 aliphatic heterocycles. The van der Waals surface area contributed by atoms with E-state index in [0.717, 1.165) is 88.8 Å². The molecule has 1 N–H and O–H groups in total. The van der Waals surface area contributed by atoms with Crippen LogP contribution < -0.4 is 0 Å². The first kappa shape index (κ1) is 38.5. The van der Waals surface area contributed by atoms with Gasteiger partial charge in [-0.2, -0.15) is 0 Å². The topological polar surface area (TPSA) is 77.5 Å². The van der Waals surface area contributed by atoms with Gasteiger partial charge in [-0.25, -0.2) is 15.0 Å². The van der Waals surface area contributed by atoms with Crippen LogP contribution in [-0.2, 0) is 0 Å². The van der Waals surface area contributed by atoms with E-state index in [0.29, 0.717) is 11.6 Å². The molecule has 15 rings (SSSR count). The molecule has 15 aromatic rings. The van der Waals surface area contributed by atoms with Gasteiger partial charge in [0.15, 0.2) is 11.6 Å². The summed E-state index contributed by atoms with van der Waals surface area (Å²) < 4.78 is 11.3. The van der Waals surface area contributed by atoms with Crippen LogP contribution in [0, 0.1) is 0 Å². The average molecular weight is 895 g/mol. The molecule has 0 radical (unpaired) electrons. The van der Waals surface area contributed by atoms with Crippen molar-refractivity contribution in [2.45, 2.75) is 0 Å². The Hall–Kier alpha value is -9.59. The van der Waals surface area contributed by atoms with E-state index in [1.807, 2.05) is 24.3 Å². The summed E-state index contributed by atoms with van der Waals surface area (Å²) in [4.78, 5) is 18.5. The molecule has 0 bridgehead atoms. The number of benzene rings is 10. The normalized spacial score (nSPS) is 12.0. The van der Waals surface area contributed by atoms with Crippen LogP contribution in [0.5, 0.6) is 0 Å². The van der Waals surface area contributed by atoms with Gasteiger partial charge >= 0.3 is 0 Å². The number of fused-ring (bicyclic) bond motifs is 14. The van der Waals surface area contributed by atoms with Gasteiger partial charge in [0.25, 0.3) is 0 Å². The first-order valence-electron chi connectivity index (χ1n) is 23.6. The van der Waals surface area contributed by atoms with Crippen molar-refractivity contribution in [2.24, 2.45) is 0 Å². The van der Waals surface area contributed by atoms with Crippen LogP contribution in [0.4, 0.5) is 0 Å². The summed E-state index contributed by atoms with van der Waals surface area (Å²) >= 11 is 0. The zero-order valence-electron chi connectivity index (χ0n) is 37.5. The Labute approximate surface area is 400 Å². The first-order chi connectivity index (χ1) is 34.7. The van der Waals surface area contributed by atoms with Gasteiger partial charge < -0.3 is 18.5 Å². The maximum atomic E-state index is 6.29. The lowest BCUT2D eigenvalue weighted by molar-refractivity contribution is 0.669.